The molecule has 0 radical (unpaired) electrons. The highest BCUT2D eigenvalue weighted by Crippen LogP contribution is 2.04. The fourth-order valence-corrected chi connectivity index (χ4v) is 2.13. The van der Waals surface area contributed by atoms with Gasteiger partial charge in [-0.05, 0) is 31.2 Å². The molecular weight excluding hydrogens is 304 g/mol. The Morgan fingerprint density at radius 3 is 1.79 bits per heavy atom. The Morgan fingerprint density at radius 2 is 1.29 bits per heavy atom. The minimum atomic E-state index is -0.228. The zero-order valence-electron chi connectivity index (χ0n) is 13.9. The number of amidine groups is 1. The van der Waals surface area contributed by atoms with Crippen LogP contribution < -0.4 is 5.43 Å². The van der Waals surface area contributed by atoms with E-state index in [1.807, 2.05) is 12.1 Å². The first-order valence-corrected chi connectivity index (χ1v) is 7.47. The standard InChI is InChI=1S/C18H20N4O2/c1-14(19-21(2)17(23)15-10-6-4-7-11-15)20-22(3)18(24)16-12-8-5-9-13-16/h4-13H,1-3H3,(H,19,20). The molecule has 0 saturated carbocycles. The van der Waals surface area contributed by atoms with Crippen LogP contribution in [-0.2, 0) is 0 Å². The maximum Gasteiger partial charge on any atom is 0.273 e. The number of amides is 2. The van der Waals surface area contributed by atoms with Gasteiger partial charge < -0.3 is 0 Å². The first-order valence-electron chi connectivity index (χ1n) is 7.47. The SMILES string of the molecule is C/C(=N\N(C)C(=O)c1ccccc1)NN(C)C(=O)c1ccccc1. The van der Waals surface area contributed by atoms with Crippen molar-refractivity contribution >= 4 is 17.6 Å². The zero-order valence-corrected chi connectivity index (χ0v) is 13.9. The van der Waals surface area contributed by atoms with Gasteiger partial charge in [0.15, 0.2) is 0 Å². The van der Waals surface area contributed by atoms with Crippen molar-refractivity contribution in [2.24, 2.45) is 5.10 Å². The van der Waals surface area contributed by atoms with Crippen molar-refractivity contribution in [1.82, 2.24) is 15.4 Å². The molecule has 0 spiro atoms. The number of benzene rings is 2. The van der Waals surface area contributed by atoms with E-state index in [0.717, 1.165) is 0 Å². The minimum absolute atomic E-state index is 0.192. The van der Waals surface area contributed by atoms with Gasteiger partial charge in [-0.2, -0.15) is 5.10 Å². The van der Waals surface area contributed by atoms with Gasteiger partial charge >= 0.3 is 0 Å². The number of nitrogens with one attached hydrogen (secondary N) is 1. The molecule has 0 atom stereocenters. The molecule has 2 aromatic rings. The van der Waals surface area contributed by atoms with E-state index in [0.29, 0.717) is 17.0 Å². The Morgan fingerprint density at radius 1 is 0.833 bits per heavy atom. The van der Waals surface area contributed by atoms with E-state index < -0.39 is 0 Å². The van der Waals surface area contributed by atoms with Gasteiger partial charge in [-0.25, -0.2) is 5.01 Å². The van der Waals surface area contributed by atoms with E-state index in [-0.39, 0.29) is 11.8 Å². The van der Waals surface area contributed by atoms with Crippen LogP contribution in [-0.4, -0.2) is 41.8 Å². The molecule has 0 saturated heterocycles. The summed E-state index contributed by atoms with van der Waals surface area (Å²) in [6, 6.07) is 17.8. The van der Waals surface area contributed by atoms with Crippen LogP contribution in [0.5, 0.6) is 0 Å². The van der Waals surface area contributed by atoms with Gasteiger partial charge in [-0.3, -0.25) is 20.0 Å². The number of hydrazone groups is 1. The molecule has 0 aliphatic heterocycles. The summed E-state index contributed by atoms with van der Waals surface area (Å²) in [4.78, 5) is 24.5. The normalized spacial score (nSPS) is 10.9. The Balaban J connectivity index is 2.00. The lowest BCUT2D eigenvalue weighted by atomic mass is 10.2. The molecule has 24 heavy (non-hydrogen) atoms. The third kappa shape index (κ3) is 4.42. The number of carbonyl (C=O) groups is 2. The Kier molecular flexibility index (Phi) is 5.68. The monoisotopic (exact) mass is 324 g/mol. The van der Waals surface area contributed by atoms with Crippen LogP contribution >= 0.6 is 0 Å². The lowest BCUT2D eigenvalue weighted by Gasteiger charge is -2.20. The van der Waals surface area contributed by atoms with Crippen molar-refractivity contribution in [1.29, 1.82) is 0 Å². The summed E-state index contributed by atoms with van der Waals surface area (Å²) >= 11 is 0. The molecule has 0 aliphatic carbocycles. The summed E-state index contributed by atoms with van der Waals surface area (Å²) in [5, 5.41) is 6.73. The van der Waals surface area contributed by atoms with Gasteiger partial charge in [0.2, 0.25) is 0 Å². The molecule has 0 heterocycles. The maximum absolute atomic E-state index is 12.2. The molecule has 1 N–H and O–H groups in total. The van der Waals surface area contributed by atoms with Crippen molar-refractivity contribution in [3.8, 4) is 0 Å². The lowest BCUT2D eigenvalue weighted by Crippen LogP contribution is -2.43. The van der Waals surface area contributed by atoms with Crippen LogP contribution in [0, 0.1) is 0 Å². The Bertz CT molecular complexity index is 729. The number of hydrogen-bond donors (Lipinski definition) is 1. The average Bonchev–Trinajstić information content (AvgIpc) is 2.61. The molecule has 6 heteroatoms. The largest absolute Gasteiger partial charge is 0.282 e. The third-order valence-corrected chi connectivity index (χ3v) is 3.27. The van der Waals surface area contributed by atoms with Gasteiger partial charge in [0.05, 0.1) is 0 Å². The van der Waals surface area contributed by atoms with Crippen molar-refractivity contribution < 1.29 is 9.59 Å². The molecule has 6 nitrogen and oxygen atoms in total. The van der Waals surface area contributed by atoms with E-state index in [1.165, 1.54) is 10.0 Å². The van der Waals surface area contributed by atoms with Gasteiger partial charge in [-0.15, -0.1) is 0 Å². The first kappa shape index (κ1) is 17.2. The summed E-state index contributed by atoms with van der Waals surface area (Å²) in [5.41, 5.74) is 3.97. The van der Waals surface area contributed by atoms with Crippen LogP contribution in [0.3, 0.4) is 0 Å². The van der Waals surface area contributed by atoms with E-state index in [9.17, 15) is 9.59 Å². The van der Waals surface area contributed by atoms with E-state index in [2.05, 4.69) is 10.5 Å². The quantitative estimate of drug-likeness (QED) is 0.535. The number of hydrogen-bond acceptors (Lipinski definition) is 3. The molecule has 2 amide bonds. The second-order valence-corrected chi connectivity index (χ2v) is 5.22. The van der Waals surface area contributed by atoms with Crippen molar-refractivity contribution in [3.05, 3.63) is 71.8 Å². The summed E-state index contributed by atoms with van der Waals surface area (Å²) in [6.07, 6.45) is 0. The molecule has 0 fully saturated rings. The number of nitrogens with zero attached hydrogens (tertiary/aromatic N) is 3. The van der Waals surface area contributed by atoms with E-state index in [4.69, 9.17) is 0 Å². The molecule has 0 aromatic heterocycles. The smallest absolute Gasteiger partial charge is 0.273 e. The second kappa shape index (κ2) is 7.92. The predicted octanol–water partition coefficient (Wildman–Crippen LogP) is 2.37. The minimum Gasteiger partial charge on any atom is -0.282 e. The highest BCUT2D eigenvalue weighted by atomic mass is 16.2. The summed E-state index contributed by atoms with van der Waals surface area (Å²) in [7, 11) is 3.17. The van der Waals surface area contributed by atoms with E-state index >= 15 is 0 Å². The van der Waals surface area contributed by atoms with Crippen molar-refractivity contribution in [2.45, 2.75) is 6.92 Å². The van der Waals surface area contributed by atoms with Crippen LogP contribution in [0.4, 0.5) is 0 Å². The number of rotatable bonds is 3. The van der Waals surface area contributed by atoms with Crippen LogP contribution in [0.1, 0.15) is 27.6 Å². The highest BCUT2D eigenvalue weighted by molar-refractivity contribution is 5.96. The average molecular weight is 324 g/mol. The van der Waals surface area contributed by atoms with Crippen LogP contribution in [0.25, 0.3) is 0 Å². The van der Waals surface area contributed by atoms with Gasteiger partial charge in [0, 0.05) is 25.2 Å². The van der Waals surface area contributed by atoms with Gasteiger partial charge in [-0.1, -0.05) is 36.4 Å². The van der Waals surface area contributed by atoms with Gasteiger partial charge in [0.25, 0.3) is 11.8 Å². The number of hydrazine groups is 1. The Hall–Kier alpha value is -3.15. The fourth-order valence-electron chi connectivity index (χ4n) is 2.13. The number of carbonyl (C=O) groups excluding carboxylic acids is 2. The second-order valence-electron chi connectivity index (χ2n) is 5.22. The molecule has 0 aliphatic rings. The predicted molar refractivity (Wildman–Crippen MR) is 93.3 cm³/mol. The zero-order chi connectivity index (χ0) is 17.5. The lowest BCUT2D eigenvalue weighted by molar-refractivity contribution is 0.0755. The fraction of sp³-hybridized carbons (Fsp3) is 0.167. The maximum atomic E-state index is 12.2. The highest BCUT2D eigenvalue weighted by Gasteiger charge is 2.13. The summed E-state index contributed by atoms with van der Waals surface area (Å²) < 4.78 is 0. The molecule has 2 aromatic carbocycles. The third-order valence-electron chi connectivity index (χ3n) is 3.27. The van der Waals surface area contributed by atoms with Crippen LogP contribution in [0.15, 0.2) is 65.8 Å². The van der Waals surface area contributed by atoms with Crippen LogP contribution in [0.2, 0.25) is 0 Å². The molecule has 0 bridgehead atoms. The van der Waals surface area contributed by atoms with Crippen molar-refractivity contribution in [3.63, 3.8) is 0 Å². The Labute approximate surface area is 141 Å². The summed E-state index contributed by atoms with van der Waals surface area (Å²) in [6.45, 7) is 1.68. The molecule has 124 valence electrons. The topological polar surface area (TPSA) is 65.0 Å². The van der Waals surface area contributed by atoms with Crippen molar-refractivity contribution in [2.75, 3.05) is 14.1 Å². The summed E-state index contributed by atoms with van der Waals surface area (Å²) in [5.74, 6) is 0.00420. The van der Waals surface area contributed by atoms with E-state index in [1.54, 1.807) is 69.6 Å². The molecular formula is C18H20N4O2. The molecule has 2 rings (SSSR count). The molecule has 0 unspecified atom stereocenters. The van der Waals surface area contributed by atoms with Gasteiger partial charge in [0.1, 0.15) is 5.84 Å². The first-order chi connectivity index (χ1) is 11.5.